The van der Waals surface area contributed by atoms with E-state index in [1.165, 1.54) is 151 Å². The molecule has 6 heterocycles. The number of fused-ring (bicyclic) bond motifs is 42. The van der Waals surface area contributed by atoms with Crippen molar-refractivity contribution in [3.05, 3.63) is 550 Å². The van der Waals surface area contributed by atoms with Crippen molar-refractivity contribution in [3.63, 3.8) is 0 Å². The third-order valence-corrected chi connectivity index (χ3v) is 34.8. The van der Waals surface area contributed by atoms with E-state index in [4.69, 9.17) is 13.9 Å². The van der Waals surface area contributed by atoms with Gasteiger partial charge in [0.1, 0.15) is 34.2 Å². The maximum Gasteiger partial charge on any atom is 0.136 e. The van der Waals surface area contributed by atoms with Crippen molar-refractivity contribution in [2.45, 2.75) is 41.2 Å². The fraction of sp³-hybridized carbons (Fsp3) is 0.0308. The fourth-order valence-corrected chi connectivity index (χ4v) is 29.5. The number of nitrogens with zero attached hydrogens (tertiary/aromatic N) is 2. The van der Waals surface area contributed by atoms with E-state index in [2.05, 4.69) is 471 Å². The molecule has 2 aromatic heterocycles. The van der Waals surface area contributed by atoms with E-state index in [1.807, 2.05) is 34.9 Å². The summed E-state index contributed by atoms with van der Waals surface area (Å²) in [6.45, 7) is 0. The number of anilines is 6. The molecule has 0 unspecified atom stereocenters. The smallest absolute Gasteiger partial charge is 0.136 e. The van der Waals surface area contributed by atoms with E-state index >= 15 is 0 Å². The van der Waals surface area contributed by atoms with E-state index < -0.39 is 21.7 Å². The molecule has 4 aliphatic heterocycles. The van der Waals surface area contributed by atoms with E-state index in [1.54, 1.807) is 0 Å². The molecule has 0 amide bonds. The zero-order valence-corrected chi connectivity index (χ0v) is 76.7. The molecule has 0 radical (unpaired) electrons. The summed E-state index contributed by atoms with van der Waals surface area (Å²) in [5, 5.41) is 4.66. The van der Waals surface area contributed by atoms with Crippen LogP contribution in [0.5, 0.6) is 23.0 Å². The average molecular weight is 1810 g/mol. The van der Waals surface area contributed by atoms with Crippen LogP contribution in [0.25, 0.3) is 109 Å². The molecule has 4 spiro atoms. The van der Waals surface area contributed by atoms with E-state index in [-0.39, 0.29) is 0 Å². The van der Waals surface area contributed by atoms with Crippen molar-refractivity contribution < 1.29 is 13.9 Å². The first-order chi connectivity index (χ1) is 68.4. The Bertz CT molecular complexity index is 9130. The van der Waals surface area contributed by atoms with E-state index in [9.17, 15) is 0 Å². The third-order valence-electron chi connectivity index (χ3n) is 31.3. The van der Waals surface area contributed by atoms with Crippen LogP contribution >= 0.6 is 34.9 Å². The van der Waals surface area contributed by atoms with Gasteiger partial charge in [0.2, 0.25) is 0 Å². The van der Waals surface area contributed by atoms with Gasteiger partial charge in [-0.3, -0.25) is 0 Å². The van der Waals surface area contributed by atoms with Crippen LogP contribution in [0.2, 0.25) is 0 Å². The molecule has 4 aliphatic carbocycles. The van der Waals surface area contributed by atoms with Crippen LogP contribution in [0.15, 0.2) is 485 Å². The molecular formula is C130H76N2O3S3. The lowest BCUT2D eigenvalue weighted by atomic mass is 9.66. The maximum atomic E-state index is 7.10. The Morgan fingerprint density at radius 1 is 0.188 bits per heavy atom. The number of hydrogen-bond acceptors (Lipinski definition) is 8. The first-order valence-corrected chi connectivity index (χ1v) is 49.9. The van der Waals surface area contributed by atoms with Gasteiger partial charge >= 0.3 is 0 Å². The predicted octanol–water partition coefficient (Wildman–Crippen LogP) is 34.8. The van der Waals surface area contributed by atoms with Gasteiger partial charge in [0, 0.05) is 107 Å². The topological polar surface area (TPSA) is 38.1 Å². The summed E-state index contributed by atoms with van der Waals surface area (Å²) in [6, 6.07) is 174. The van der Waals surface area contributed by atoms with Crippen LogP contribution in [0.1, 0.15) is 89.0 Å². The molecule has 5 nitrogen and oxygen atoms in total. The molecule has 0 bridgehead atoms. The summed E-state index contributed by atoms with van der Waals surface area (Å²) in [5.41, 5.74) is 39.4. The molecule has 21 aromatic carbocycles. The van der Waals surface area contributed by atoms with E-state index in [0.29, 0.717) is 0 Å². The molecule has 0 atom stereocenters. The molecule has 0 fully saturated rings. The largest absolute Gasteiger partial charge is 0.457 e. The van der Waals surface area contributed by atoms with Gasteiger partial charge in [-0.05, 0) is 268 Å². The highest BCUT2D eigenvalue weighted by Crippen LogP contribution is 2.71. The van der Waals surface area contributed by atoms with Gasteiger partial charge in [0.05, 0.1) is 33.0 Å². The molecular weight excluding hydrogens is 1730 g/mol. The summed E-state index contributed by atoms with van der Waals surface area (Å²) in [4.78, 5) is 10.2. The summed E-state index contributed by atoms with van der Waals surface area (Å²) in [6.07, 6.45) is 0. The highest BCUT2D eigenvalue weighted by Gasteiger charge is 2.57. The molecule has 642 valence electrons. The Morgan fingerprint density at radius 2 is 0.543 bits per heavy atom. The van der Waals surface area contributed by atoms with Gasteiger partial charge in [0.15, 0.2) is 0 Å². The second kappa shape index (κ2) is 28.6. The quantitative estimate of drug-likeness (QED) is 0.150. The van der Waals surface area contributed by atoms with Crippen molar-refractivity contribution in [2.75, 3.05) is 9.80 Å². The predicted molar refractivity (Wildman–Crippen MR) is 564 cm³/mol. The second-order valence-electron chi connectivity index (χ2n) is 37.7. The number of para-hydroxylation sites is 4. The van der Waals surface area contributed by atoms with Crippen LogP contribution in [0.3, 0.4) is 0 Å². The Labute approximate surface area is 809 Å². The van der Waals surface area contributed by atoms with Gasteiger partial charge in [0.25, 0.3) is 0 Å². The Balaban J connectivity index is 0.546. The number of benzene rings is 21. The summed E-state index contributed by atoms with van der Waals surface area (Å²) in [5.74, 6) is 3.48. The number of hydrogen-bond donors (Lipinski definition) is 0. The minimum Gasteiger partial charge on any atom is -0.457 e. The monoisotopic (exact) mass is 1810 g/mol. The standard InChI is InChI=1S/C130H76N2O3S3/c1-5-31-95-85(27-1)92-74-82(63-68-98(92)127(95)104-38-12-21-51-120(104)137-121-52-22-13-39-105(121)127)131(111-44-25-42-108-125(111)90-29-2-6-32-96(90)128(108)100-34-8-16-46-114(100)134-115-47-17-9-35-101(115)128)81-60-55-77(56-61-81)78-59-70-113-94(71-78)87-66-58-80(73-118(87)133-113)79-57-65-86-93-75-83(64-69-99(93)130(110(86)72-79)106-40-14-23-53-122(106)138-123-54-24-15-41-107(123)130)132(84-62-67-89-88-28-4-20-50-119(88)136-124(89)76-84)112-45-26-43-109-126(112)91-30-3-7-33-97(91)129(109)102-36-10-18-48-116(102)135-117-49-19-11-37-103(117)129/h1-76H. The molecule has 0 saturated carbocycles. The van der Waals surface area contributed by atoms with Crippen LogP contribution < -0.4 is 19.3 Å². The molecule has 0 N–H and O–H groups in total. The highest BCUT2D eigenvalue weighted by molar-refractivity contribution is 7.99. The number of furan rings is 1. The zero-order chi connectivity index (χ0) is 90.0. The van der Waals surface area contributed by atoms with Crippen LogP contribution in [0.4, 0.5) is 34.1 Å². The Kier molecular flexibility index (Phi) is 15.9. The lowest BCUT2D eigenvalue weighted by molar-refractivity contribution is 0.436. The molecule has 138 heavy (non-hydrogen) atoms. The van der Waals surface area contributed by atoms with Gasteiger partial charge in [-0.15, -0.1) is 11.3 Å². The van der Waals surface area contributed by atoms with Crippen molar-refractivity contribution in [1.82, 2.24) is 0 Å². The molecule has 8 aliphatic rings. The minimum atomic E-state index is -0.685. The first-order valence-electron chi connectivity index (χ1n) is 47.5. The lowest BCUT2D eigenvalue weighted by Gasteiger charge is -2.40. The van der Waals surface area contributed by atoms with Crippen molar-refractivity contribution in [3.8, 4) is 89.8 Å². The van der Waals surface area contributed by atoms with Crippen molar-refractivity contribution >= 4 is 111 Å². The first kappa shape index (κ1) is 76.9. The normalized spacial score (nSPS) is 14.7. The van der Waals surface area contributed by atoms with Gasteiger partial charge in [-0.1, -0.05) is 339 Å². The number of rotatable bonds is 8. The summed E-state index contributed by atoms with van der Waals surface area (Å²) < 4.78 is 23.4. The average Bonchev–Trinajstić information content (AvgIpc) is 1.52. The number of ether oxygens (including phenoxy) is 2. The third kappa shape index (κ3) is 10.1. The molecule has 31 rings (SSSR count). The van der Waals surface area contributed by atoms with Crippen molar-refractivity contribution in [1.29, 1.82) is 0 Å². The second-order valence-corrected chi connectivity index (χ2v) is 40.9. The zero-order valence-electron chi connectivity index (χ0n) is 74.2. The number of thiophene rings is 1. The van der Waals surface area contributed by atoms with Crippen LogP contribution in [0, 0.1) is 0 Å². The van der Waals surface area contributed by atoms with Crippen molar-refractivity contribution in [2.24, 2.45) is 0 Å². The van der Waals surface area contributed by atoms with E-state index in [0.717, 1.165) is 124 Å². The molecule has 23 aromatic rings. The Hall–Kier alpha value is -16.5. The summed E-state index contributed by atoms with van der Waals surface area (Å²) in [7, 11) is 0. The maximum absolute atomic E-state index is 7.10. The van der Waals surface area contributed by atoms with Gasteiger partial charge < -0.3 is 23.7 Å². The minimum absolute atomic E-state index is 0.531. The van der Waals surface area contributed by atoms with Crippen LogP contribution in [-0.4, -0.2) is 0 Å². The Morgan fingerprint density at radius 3 is 1.08 bits per heavy atom. The van der Waals surface area contributed by atoms with Crippen LogP contribution in [-0.2, 0) is 21.7 Å². The van der Waals surface area contributed by atoms with Gasteiger partial charge in [-0.2, -0.15) is 0 Å². The molecule has 0 saturated heterocycles. The lowest BCUT2D eigenvalue weighted by Crippen LogP contribution is -2.32. The highest BCUT2D eigenvalue weighted by atomic mass is 32.2. The SMILES string of the molecule is c1ccc2c(c1)Oc1ccccc1C21c2ccccc2-c2c(N(c3ccc(-c4ccc5oc6cc(-c7ccc8c(c7)C7(c9ccccc9Sc9ccccc97)c7ccc(N(c9ccc%10c(c9)sc9ccccc9%10)c9cccc%10c9-c9ccccc9C%109c%10ccccc%10Oc%10ccccc%109)cc7-8)ccc6c5c4)cc3)c3ccc4c(c3)-c3ccccc3C43c4ccccc4Sc4ccccc43)cccc21. The van der Waals surface area contributed by atoms with Gasteiger partial charge in [-0.25, -0.2) is 0 Å². The fourth-order valence-electron chi connectivity index (χ4n) is 26.0. The summed E-state index contributed by atoms with van der Waals surface area (Å²) >= 11 is 5.62. The molecule has 8 heteroatoms.